The fourth-order valence-corrected chi connectivity index (χ4v) is 11.4. The highest BCUT2D eigenvalue weighted by Gasteiger charge is 2.41. The monoisotopic (exact) mass is 816 g/mol. The van der Waals surface area contributed by atoms with E-state index in [9.17, 15) is 0 Å². The van der Waals surface area contributed by atoms with Gasteiger partial charge in [0.2, 0.25) is 0 Å². The average Bonchev–Trinajstić information content (AvgIpc) is 4.09. The van der Waals surface area contributed by atoms with Gasteiger partial charge < -0.3 is 18.6 Å². The first-order valence-electron chi connectivity index (χ1n) is 22.3. The van der Waals surface area contributed by atoms with E-state index in [1.165, 1.54) is 99.2 Å². The van der Waals surface area contributed by atoms with Crippen LogP contribution in [0.1, 0.15) is 17.5 Å². The second-order valence-electron chi connectivity index (χ2n) is 17.2. The molecule has 0 bridgehead atoms. The van der Waals surface area contributed by atoms with Crippen LogP contribution < -0.4 is 4.90 Å². The van der Waals surface area contributed by atoms with E-state index in [0.717, 1.165) is 11.4 Å². The summed E-state index contributed by atoms with van der Waals surface area (Å²) >= 11 is 0. The standard InChI is InChI=1S/C60H40N4/c1-3-17-39(18-4-1)40-19-15-22-42(37-40)63-50-27-11-7-23-44(50)46-34-36-57-59(60(46)63)48-26-10-14-30-53(48)62(57)43-33-35-54-49(38-43)45-24-8-12-28-51(45)64(54)56-32-16-31-55-58(56)47-25-9-13-29-52(47)61(55)41-20-5-2-6-21-41/h1-38,56,58H. The predicted octanol–water partition coefficient (Wildman–Crippen LogP) is 15.6. The highest BCUT2D eigenvalue weighted by Crippen LogP contribution is 2.55. The minimum Gasteiger partial charge on any atom is -0.332 e. The van der Waals surface area contributed by atoms with Crippen LogP contribution in [-0.2, 0) is 0 Å². The van der Waals surface area contributed by atoms with Crippen LogP contribution in [0.2, 0.25) is 0 Å². The van der Waals surface area contributed by atoms with Gasteiger partial charge in [-0.3, -0.25) is 0 Å². The summed E-state index contributed by atoms with van der Waals surface area (Å²) in [7, 11) is 0. The van der Waals surface area contributed by atoms with E-state index in [0.29, 0.717) is 0 Å². The molecule has 14 rings (SSSR count). The molecule has 4 nitrogen and oxygen atoms in total. The number of anilines is 2. The lowest BCUT2D eigenvalue weighted by Crippen LogP contribution is -2.22. The zero-order valence-corrected chi connectivity index (χ0v) is 34.9. The molecule has 12 aromatic rings. The topological polar surface area (TPSA) is 18.0 Å². The molecule has 2 aliphatic rings. The number of benzene rings is 9. The number of hydrogen-bond donors (Lipinski definition) is 0. The first-order valence-corrected chi connectivity index (χ1v) is 22.3. The molecule has 4 heterocycles. The van der Waals surface area contributed by atoms with Crippen LogP contribution in [0.25, 0.3) is 87.9 Å². The molecule has 1 aliphatic heterocycles. The zero-order chi connectivity index (χ0) is 41.9. The summed E-state index contributed by atoms with van der Waals surface area (Å²) in [6.07, 6.45) is 6.99. The molecule has 0 saturated carbocycles. The molecule has 0 spiro atoms. The lowest BCUT2D eigenvalue weighted by atomic mass is 9.87. The number of rotatable bonds is 5. The molecule has 0 N–H and O–H groups in total. The molecule has 0 saturated heterocycles. The second-order valence-corrected chi connectivity index (χ2v) is 17.2. The Balaban J connectivity index is 0.986. The Bertz CT molecular complexity index is 3920. The van der Waals surface area contributed by atoms with Crippen LogP contribution >= 0.6 is 0 Å². The third-order valence-corrected chi connectivity index (χ3v) is 14.0. The van der Waals surface area contributed by atoms with Crippen LogP contribution in [0, 0.1) is 0 Å². The highest BCUT2D eigenvalue weighted by atomic mass is 15.2. The largest absolute Gasteiger partial charge is 0.332 e. The highest BCUT2D eigenvalue weighted by molar-refractivity contribution is 6.26. The molecule has 0 radical (unpaired) electrons. The first kappa shape index (κ1) is 35.3. The molecule has 1 aliphatic carbocycles. The normalized spacial score (nSPS) is 15.8. The Morgan fingerprint density at radius 2 is 0.984 bits per heavy atom. The van der Waals surface area contributed by atoms with Crippen molar-refractivity contribution in [3.8, 4) is 22.5 Å². The van der Waals surface area contributed by atoms with E-state index in [4.69, 9.17) is 0 Å². The van der Waals surface area contributed by atoms with E-state index < -0.39 is 0 Å². The SMILES string of the molecule is C1=CC(n2c3ccccc3c3cc(-n4c5ccccc5c5c4ccc4c6ccccc6n(-c6cccc(-c7ccccc7)c6)c45)ccc32)C2C(=C1)N(c1ccccc1)c1ccccc12. The van der Waals surface area contributed by atoms with Gasteiger partial charge in [0.15, 0.2) is 0 Å². The Kier molecular flexibility index (Phi) is 7.48. The summed E-state index contributed by atoms with van der Waals surface area (Å²) in [5.74, 6) is 0.153. The summed E-state index contributed by atoms with van der Waals surface area (Å²) in [6, 6.07) is 78.2. The maximum absolute atomic E-state index is 2.60. The van der Waals surface area contributed by atoms with Gasteiger partial charge in [-0.15, -0.1) is 0 Å². The van der Waals surface area contributed by atoms with Crippen molar-refractivity contribution in [1.29, 1.82) is 0 Å². The summed E-state index contributed by atoms with van der Waals surface area (Å²) < 4.78 is 7.59. The lowest BCUT2D eigenvalue weighted by Gasteiger charge is -2.31. The van der Waals surface area contributed by atoms with Crippen molar-refractivity contribution < 1.29 is 0 Å². The van der Waals surface area contributed by atoms with Gasteiger partial charge in [-0.25, -0.2) is 0 Å². The van der Waals surface area contributed by atoms with Gasteiger partial charge in [-0.2, -0.15) is 0 Å². The van der Waals surface area contributed by atoms with Gasteiger partial charge in [0, 0.05) is 71.8 Å². The van der Waals surface area contributed by atoms with Gasteiger partial charge in [-0.1, -0.05) is 152 Å². The van der Waals surface area contributed by atoms with Crippen molar-refractivity contribution in [2.75, 3.05) is 4.90 Å². The van der Waals surface area contributed by atoms with Crippen LogP contribution in [0.3, 0.4) is 0 Å². The third-order valence-electron chi connectivity index (χ3n) is 14.0. The molecule has 300 valence electrons. The quantitative estimate of drug-likeness (QED) is 0.169. The van der Waals surface area contributed by atoms with Crippen molar-refractivity contribution in [3.63, 3.8) is 0 Å². The maximum atomic E-state index is 2.60. The van der Waals surface area contributed by atoms with Crippen molar-refractivity contribution in [2.45, 2.75) is 12.0 Å². The smallest absolute Gasteiger partial charge is 0.0650 e. The number of allylic oxidation sites excluding steroid dienone is 4. The summed E-state index contributed by atoms with van der Waals surface area (Å²) in [5, 5.41) is 7.51. The van der Waals surface area contributed by atoms with Gasteiger partial charge >= 0.3 is 0 Å². The molecule has 2 unspecified atom stereocenters. The number of fused-ring (bicyclic) bond motifs is 13. The Morgan fingerprint density at radius 1 is 0.375 bits per heavy atom. The third kappa shape index (κ3) is 4.93. The molecule has 0 fully saturated rings. The van der Waals surface area contributed by atoms with E-state index >= 15 is 0 Å². The minimum absolute atomic E-state index is 0.0759. The van der Waals surface area contributed by atoms with Crippen molar-refractivity contribution in [2.24, 2.45) is 0 Å². The van der Waals surface area contributed by atoms with E-state index in [-0.39, 0.29) is 12.0 Å². The Labute approximate surface area is 370 Å². The minimum atomic E-state index is 0.0759. The van der Waals surface area contributed by atoms with Gasteiger partial charge in [0.05, 0.1) is 34.0 Å². The fraction of sp³-hybridized carbons (Fsp3) is 0.0333. The Hall–Kier alpha value is -8.34. The van der Waals surface area contributed by atoms with Crippen LogP contribution in [0.5, 0.6) is 0 Å². The van der Waals surface area contributed by atoms with Gasteiger partial charge in [0.1, 0.15) is 0 Å². The van der Waals surface area contributed by atoms with Crippen molar-refractivity contribution in [1.82, 2.24) is 13.7 Å². The van der Waals surface area contributed by atoms with Crippen molar-refractivity contribution in [3.05, 3.63) is 242 Å². The second kappa shape index (κ2) is 13.6. The van der Waals surface area contributed by atoms with Gasteiger partial charge in [-0.05, 0) is 95.6 Å². The summed E-state index contributed by atoms with van der Waals surface area (Å²) in [4.78, 5) is 2.46. The van der Waals surface area contributed by atoms with E-state index in [1.807, 2.05) is 0 Å². The number of aromatic nitrogens is 3. The molecule has 0 amide bonds. The summed E-state index contributed by atoms with van der Waals surface area (Å²) in [6.45, 7) is 0. The molecular formula is C60H40N4. The van der Waals surface area contributed by atoms with Crippen LogP contribution in [0.4, 0.5) is 11.4 Å². The van der Waals surface area contributed by atoms with Crippen molar-refractivity contribution >= 4 is 76.8 Å². The molecule has 3 aromatic heterocycles. The number of nitrogens with zero attached hydrogens (tertiary/aromatic N) is 4. The molecule has 64 heavy (non-hydrogen) atoms. The lowest BCUT2D eigenvalue weighted by molar-refractivity contribution is 0.564. The Morgan fingerprint density at radius 3 is 1.81 bits per heavy atom. The fourth-order valence-electron chi connectivity index (χ4n) is 11.4. The molecule has 9 aromatic carbocycles. The van der Waals surface area contributed by atoms with Crippen LogP contribution in [0.15, 0.2) is 236 Å². The zero-order valence-electron chi connectivity index (χ0n) is 34.9. The maximum Gasteiger partial charge on any atom is 0.0650 e. The predicted molar refractivity (Wildman–Crippen MR) is 268 cm³/mol. The number of hydrogen-bond acceptors (Lipinski definition) is 1. The van der Waals surface area contributed by atoms with Gasteiger partial charge in [0.25, 0.3) is 0 Å². The van der Waals surface area contributed by atoms with E-state index in [2.05, 4.69) is 249 Å². The van der Waals surface area contributed by atoms with E-state index in [1.54, 1.807) is 0 Å². The summed E-state index contributed by atoms with van der Waals surface area (Å²) in [5.41, 5.74) is 17.1. The molecule has 4 heteroatoms. The average molecular weight is 817 g/mol. The molecule has 2 atom stereocenters. The first-order chi connectivity index (χ1) is 31.8. The van der Waals surface area contributed by atoms with Crippen LogP contribution in [-0.4, -0.2) is 13.7 Å². The molecular weight excluding hydrogens is 777 g/mol. The number of para-hydroxylation sites is 5.